The number of nitrogens with one attached hydrogen (secondary N) is 1. The summed E-state index contributed by atoms with van der Waals surface area (Å²) in [5.74, 6) is 0.853. The van der Waals surface area contributed by atoms with Gasteiger partial charge in [-0.15, -0.1) is 0 Å². The summed E-state index contributed by atoms with van der Waals surface area (Å²) in [6, 6.07) is 1.60. The van der Waals surface area contributed by atoms with E-state index in [9.17, 15) is 13.2 Å². The molecule has 0 saturated heterocycles. The molecule has 3 saturated carbocycles. The van der Waals surface area contributed by atoms with Gasteiger partial charge in [0.05, 0.1) is 24.7 Å². The van der Waals surface area contributed by atoms with E-state index in [4.69, 9.17) is 9.47 Å². The Bertz CT molecular complexity index is 827. The average Bonchev–Trinajstić information content (AvgIpc) is 3.53. The highest BCUT2D eigenvalue weighted by Crippen LogP contribution is 2.60. The lowest BCUT2D eigenvalue weighted by Gasteiger charge is -2.28. The normalized spacial score (nSPS) is 29.8. The first-order chi connectivity index (χ1) is 12.4. The van der Waals surface area contributed by atoms with Gasteiger partial charge in [-0.25, -0.2) is 8.42 Å². The maximum atomic E-state index is 12.8. The molecule has 0 aliphatic heterocycles. The van der Waals surface area contributed by atoms with E-state index in [0.29, 0.717) is 49.8 Å². The molecule has 2 unspecified atom stereocenters. The van der Waals surface area contributed by atoms with Crippen LogP contribution in [0.1, 0.15) is 44.7 Å². The van der Waals surface area contributed by atoms with Gasteiger partial charge in [0.15, 0.2) is 0 Å². The molecule has 0 spiro atoms. The number of carbonyl (C=O) groups is 1. The molecule has 1 aromatic heterocycles. The van der Waals surface area contributed by atoms with Crippen molar-refractivity contribution in [1.82, 2.24) is 9.97 Å². The van der Waals surface area contributed by atoms with E-state index in [2.05, 4.69) is 14.7 Å². The van der Waals surface area contributed by atoms with Gasteiger partial charge in [0.2, 0.25) is 10.0 Å². The number of nitrogens with zero attached hydrogens (tertiary/aromatic N) is 2. The molecular weight excluding hydrogens is 358 g/mol. The molecule has 0 bridgehead atoms. The van der Waals surface area contributed by atoms with Crippen molar-refractivity contribution in [3.63, 3.8) is 0 Å². The Kier molecular flexibility index (Phi) is 4.09. The van der Waals surface area contributed by atoms with Crippen LogP contribution in [0.2, 0.25) is 0 Å². The van der Waals surface area contributed by atoms with Crippen molar-refractivity contribution in [3.8, 4) is 6.01 Å². The number of methoxy groups -OCH3 is 1. The summed E-state index contributed by atoms with van der Waals surface area (Å²) < 4.78 is 37.5. The van der Waals surface area contributed by atoms with Gasteiger partial charge < -0.3 is 9.47 Å². The van der Waals surface area contributed by atoms with Gasteiger partial charge in [-0.3, -0.25) is 9.52 Å². The van der Waals surface area contributed by atoms with Gasteiger partial charge in [0.1, 0.15) is 11.2 Å². The number of hydrogen-bond donors (Lipinski definition) is 1. The minimum absolute atomic E-state index is 0.0419. The highest BCUT2D eigenvalue weighted by molar-refractivity contribution is 7.93. The molecular formula is C17H23N3O5S. The number of hydrogen-bond acceptors (Lipinski definition) is 7. The van der Waals surface area contributed by atoms with Crippen LogP contribution in [-0.2, 0) is 25.0 Å². The summed E-state index contributed by atoms with van der Waals surface area (Å²) >= 11 is 0. The molecule has 0 aromatic carbocycles. The van der Waals surface area contributed by atoms with Gasteiger partial charge in [-0.2, -0.15) is 9.97 Å². The topological polar surface area (TPSA) is 107 Å². The van der Waals surface area contributed by atoms with Crippen molar-refractivity contribution in [2.24, 2.45) is 11.8 Å². The number of ether oxygens (including phenoxy) is 2. The van der Waals surface area contributed by atoms with Crippen molar-refractivity contribution < 1.29 is 22.7 Å². The summed E-state index contributed by atoms with van der Waals surface area (Å²) in [5.41, 5.74) is -0.372. The van der Waals surface area contributed by atoms with Gasteiger partial charge in [0, 0.05) is 6.07 Å². The summed E-state index contributed by atoms with van der Waals surface area (Å²) in [5, 5.41) is -0.370. The Hall–Kier alpha value is -1.90. The average molecular weight is 381 g/mol. The van der Waals surface area contributed by atoms with Crippen LogP contribution in [-0.4, -0.2) is 43.3 Å². The highest BCUT2D eigenvalue weighted by atomic mass is 32.2. The lowest BCUT2D eigenvalue weighted by Crippen LogP contribution is -2.37. The number of esters is 1. The fourth-order valence-electron chi connectivity index (χ4n) is 3.96. The second-order valence-corrected chi connectivity index (χ2v) is 9.40. The van der Waals surface area contributed by atoms with E-state index in [0.717, 1.165) is 6.42 Å². The van der Waals surface area contributed by atoms with Crippen LogP contribution in [0, 0.1) is 11.8 Å². The molecule has 1 heterocycles. The molecule has 3 aliphatic rings. The summed E-state index contributed by atoms with van der Waals surface area (Å²) in [6.45, 7) is 2.07. The Morgan fingerprint density at radius 3 is 2.58 bits per heavy atom. The van der Waals surface area contributed by atoms with Gasteiger partial charge in [0.25, 0.3) is 0 Å². The predicted octanol–water partition coefficient (Wildman–Crippen LogP) is 1.62. The molecule has 4 rings (SSSR count). The lowest BCUT2D eigenvalue weighted by molar-refractivity contribution is -0.150. The maximum Gasteiger partial charge on any atom is 0.318 e. The van der Waals surface area contributed by atoms with Crippen LogP contribution in [0.15, 0.2) is 6.07 Å². The molecule has 1 N–H and O–H groups in total. The van der Waals surface area contributed by atoms with E-state index in [1.165, 1.54) is 7.11 Å². The van der Waals surface area contributed by atoms with Gasteiger partial charge >= 0.3 is 12.0 Å². The fourth-order valence-corrected chi connectivity index (χ4v) is 5.28. The SMILES string of the molecule is CCOC(=O)C1(c2cc(NS(=O)(=O)C3CC3)nc(OC)n2)CC2CC2C1. The van der Waals surface area contributed by atoms with E-state index in [1.807, 2.05) is 0 Å². The first kappa shape index (κ1) is 17.5. The van der Waals surface area contributed by atoms with E-state index in [-0.39, 0.29) is 23.0 Å². The van der Waals surface area contributed by atoms with Crippen LogP contribution < -0.4 is 9.46 Å². The summed E-state index contributed by atoms with van der Waals surface area (Å²) in [4.78, 5) is 21.3. The van der Waals surface area contributed by atoms with Crippen molar-refractivity contribution in [1.29, 1.82) is 0 Å². The number of carbonyl (C=O) groups excluding carboxylic acids is 1. The van der Waals surface area contributed by atoms with Crippen LogP contribution in [0.4, 0.5) is 5.82 Å². The summed E-state index contributed by atoms with van der Waals surface area (Å²) in [7, 11) is -2.05. The molecule has 3 aliphatic carbocycles. The zero-order chi connectivity index (χ0) is 18.5. The van der Waals surface area contributed by atoms with E-state index in [1.54, 1.807) is 13.0 Å². The monoisotopic (exact) mass is 381 g/mol. The Balaban J connectivity index is 1.71. The number of rotatable bonds is 7. The third-order valence-corrected chi connectivity index (χ3v) is 7.39. The zero-order valence-electron chi connectivity index (χ0n) is 14.9. The molecule has 142 valence electrons. The number of sulfonamides is 1. The van der Waals surface area contributed by atoms with E-state index >= 15 is 0 Å². The Morgan fingerprint density at radius 2 is 2.00 bits per heavy atom. The Morgan fingerprint density at radius 1 is 1.31 bits per heavy atom. The second kappa shape index (κ2) is 6.07. The number of fused-ring (bicyclic) bond motifs is 1. The van der Waals surface area contributed by atoms with Crippen LogP contribution >= 0.6 is 0 Å². The lowest BCUT2D eigenvalue weighted by atomic mass is 9.79. The molecule has 0 radical (unpaired) electrons. The standard InChI is InChI=1S/C17H23N3O5S/c1-3-25-15(21)17(8-10-6-11(10)9-17)13-7-14(19-16(18-13)24-2)20-26(22,23)12-4-5-12/h7,10-12H,3-6,8-9H2,1-2H3,(H,18,19,20). The quantitative estimate of drug-likeness (QED) is 0.715. The van der Waals surface area contributed by atoms with Crippen LogP contribution in [0.3, 0.4) is 0 Å². The number of aromatic nitrogens is 2. The third-order valence-electron chi connectivity index (χ3n) is 5.55. The van der Waals surface area contributed by atoms with Crippen molar-refractivity contribution >= 4 is 21.8 Å². The van der Waals surface area contributed by atoms with Crippen molar-refractivity contribution in [3.05, 3.63) is 11.8 Å². The number of anilines is 1. The van der Waals surface area contributed by atoms with Crippen molar-refractivity contribution in [2.75, 3.05) is 18.4 Å². The highest BCUT2D eigenvalue weighted by Gasteiger charge is 2.60. The second-order valence-electron chi connectivity index (χ2n) is 7.44. The van der Waals surface area contributed by atoms with Gasteiger partial charge in [-0.05, 0) is 50.9 Å². The minimum atomic E-state index is -3.47. The largest absolute Gasteiger partial charge is 0.467 e. The zero-order valence-corrected chi connectivity index (χ0v) is 15.7. The van der Waals surface area contributed by atoms with Crippen molar-refractivity contribution in [2.45, 2.75) is 49.7 Å². The predicted molar refractivity (Wildman–Crippen MR) is 93.3 cm³/mol. The molecule has 2 atom stereocenters. The fraction of sp³-hybridized carbons (Fsp3) is 0.706. The molecule has 9 heteroatoms. The first-order valence-corrected chi connectivity index (χ1v) is 10.5. The smallest absolute Gasteiger partial charge is 0.318 e. The van der Waals surface area contributed by atoms with Gasteiger partial charge in [-0.1, -0.05) is 0 Å². The minimum Gasteiger partial charge on any atom is -0.467 e. The molecule has 8 nitrogen and oxygen atoms in total. The first-order valence-electron chi connectivity index (χ1n) is 9.00. The summed E-state index contributed by atoms with van der Waals surface area (Å²) in [6.07, 6.45) is 3.78. The van der Waals surface area contributed by atoms with E-state index < -0.39 is 15.4 Å². The van der Waals surface area contributed by atoms with Crippen LogP contribution in [0.5, 0.6) is 6.01 Å². The molecule has 26 heavy (non-hydrogen) atoms. The molecule has 1 aromatic rings. The third kappa shape index (κ3) is 3.02. The van der Waals surface area contributed by atoms with Crippen LogP contribution in [0.25, 0.3) is 0 Å². The Labute approximate surface area is 152 Å². The maximum absolute atomic E-state index is 12.8. The molecule has 3 fully saturated rings. The molecule has 0 amide bonds.